The van der Waals surface area contributed by atoms with Crippen LogP contribution >= 0.6 is 15.9 Å². The lowest BCUT2D eigenvalue weighted by Gasteiger charge is -2.27. The van der Waals surface area contributed by atoms with E-state index in [1.165, 1.54) is 31.9 Å². The van der Waals surface area contributed by atoms with E-state index in [1.807, 2.05) is 6.92 Å². The molecule has 1 N–H and O–H groups in total. The van der Waals surface area contributed by atoms with Crippen LogP contribution in [0.5, 0.6) is 0 Å². The zero-order valence-electron chi connectivity index (χ0n) is 10.0. The van der Waals surface area contributed by atoms with E-state index >= 15 is 0 Å². The highest BCUT2D eigenvalue weighted by molar-refractivity contribution is 9.09. The van der Waals surface area contributed by atoms with Gasteiger partial charge in [-0.15, -0.1) is 0 Å². The van der Waals surface area contributed by atoms with Crippen molar-refractivity contribution in [1.29, 1.82) is 0 Å². The van der Waals surface area contributed by atoms with Crippen molar-refractivity contribution in [3.8, 4) is 0 Å². The number of nitrogens with one attached hydrogen (secondary N) is 1. The summed E-state index contributed by atoms with van der Waals surface area (Å²) in [6.45, 7) is 2.59. The summed E-state index contributed by atoms with van der Waals surface area (Å²) in [5.74, 6) is 1.29. The predicted molar refractivity (Wildman–Crippen MR) is 70.5 cm³/mol. The van der Waals surface area contributed by atoms with Crippen molar-refractivity contribution in [3.05, 3.63) is 23.7 Å². The smallest absolute Gasteiger partial charge is 0.254 e. The molecule has 2 unspecified atom stereocenters. The third-order valence-corrected chi connectivity index (χ3v) is 4.54. The fraction of sp³-hybridized carbons (Fsp3) is 0.615. The number of carbonyl (C=O) groups is 1. The van der Waals surface area contributed by atoms with Gasteiger partial charge in [0.05, 0.1) is 5.56 Å². The number of halogens is 1. The van der Waals surface area contributed by atoms with Crippen molar-refractivity contribution in [2.45, 2.75) is 37.4 Å². The first-order chi connectivity index (χ1) is 8.16. The number of hydrogen-bond donors (Lipinski definition) is 1. The fourth-order valence-corrected chi connectivity index (χ4v) is 3.06. The summed E-state index contributed by atoms with van der Waals surface area (Å²) in [6, 6.07) is 1.77. The van der Waals surface area contributed by atoms with Crippen LogP contribution < -0.4 is 5.32 Å². The van der Waals surface area contributed by atoms with E-state index in [4.69, 9.17) is 4.42 Å². The fourth-order valence-electron chi connectivity index (χ4n) is 2.28. The normalized spacial score (nSPS) is 24.6. The molecule has 1 aromatic rings. The molecule has 3 nitrogen and oxygen atoms in total. The van der Waals surface area contributed by atoms with Crippen molar-refractivity contribution in [1.82, 2.24) is 5.32 Å². The first-order valence-corrected chi connectivity index (χ1v) is 7.06. The average Bonchev–Trinajstić information content (AvgIpc) is 2.74. The Morgan fingerprint density at radius 1 is 1.53 bits per heavy atom. The zero-order valence-corrected chi connectivity index (χ0v) is 11.6. The maximum Gasteiger partial charge on any atom is 0.254 e. The second-order valence-corrected chi connectivity index (χ2v) is 5.89. The quantitative estimate of drug-likeness (QED) is 0.871. The van der Waals surface area contributed by atoms with Crippen molar-refractivity contribution < 1.29 is 9.21 Å². The highest BCUT2D eigenvalue weighted by Crippen LogP contribution is 2.29. The molecule has 1 amide bonds. The Labute approximate surface area is 110 Å². The number of aryl methyl sites for hydroxylation is 1. The lowest BCUT2D eigenvalue weighted by atomic mass is 9.89. The van der Waals surface area contributed by atoms with Gasteiger partial charge in [-0.3, -0.25) is 4.79 Å². The van der Waals surface area contributed by atoms with Crippen molar-refractivity contribution in [2.24, 2.45) is 5.92 Å². The van der Waals surface area contributed by atoms with Gasteiger partial charge in [0.25, 0.3) is 5.91 Å². The molecule has 1 fully saturated rings. The van der Waals surface area contributed by atoms with Gasteiger partial charge in [-0.1, -0.05) is 28.8 Å². The minimum absolute atomic E-state index is 0.0351. The van der Waals surface area contributed by atoms with E-state index in [0.29, 0.717) is 16.3 Å². The Balaban J connectivity index is 1.83. The first kappa shape index (κ1) is 12.7. The molecule has 94 valence electrons. The van der Waals surface area contributed by atoms with E-state index in [2.05, 4.69) is 21.2 Å². The van der Waals surface area contributed by atoms with Crippen LogP contribution in [0.1, 0.15) is 41.8 Å². The highest BCUT2D eigenvalue weighted by atomic mass is 79.9. The largest absolute Gasteiger partial charge is 0.469 e. The van der Waals surface area contributed by atoms with Crippen LogP contribution in [0.2, 0.25) is 0 Å². The Bertz CT molecular complexity index is 389. The standard InChI is InChI=1S/C13H18BrNO2/c1-9-6-11(8-17-9)13(16)15-7-10-4-2-3-5-12(10)14/h6,8,10,12H,2-5,7H2,1H3,(H,15,16). The van der Waals surface area contributed by atoms with Crippen LogP contribution in [0.4, 0.5) is 0 Å². The second-order valence-electron chi connectivity index (χ2n) is 4.72. The zero-order chi connectivity index (χ0) is 12.3. The molecule has 2 atom stereocenters. The van der Waals surface area contributed by atoms with Crippen molar-refractivity contribution in [2.75, 3.05) is 6.54 Å². The molecule has 1 aliphatic rings. The number of amides is 1. The van der Waals surface area contributed by atoms with Crippen molar-refractivity contribution >= 4 is 21.8 Å². The number of rotatable bonds is 3. The van der Waals surface area contributed by atoms with Gasteiger partial charge in [-0.2, -0.15) is 0 Å². The van der Waals surface area contributed by atoms with Gasteiger partial charge in [-0.25, -0.2) is 0 Å². The van der Waals surface area contributed by atoms with Gasteiger partial charge in [-0.05, 0) is 31.7 Å². The third-order valence-electron chi connectivity index (χ3n) is 3.33. The van der Waals surface area contributed by atoms with Gasteiger partial charge in [0.2, 0.25) is 0 Å². The molecule has 1 heterocycles. The molecule has 1 aliphatic carbocycles. The van der Waals surface area contributed by atoms with Crippen LogP contribution in [0, 0.1) is 12.8 Å². The summed E-state index contributed by atoms with van der Waals surface area (Å²) in [4.78, 5) is 12.4. The molecular weight excluding hydrogens is 282 g/mol. The molecule has 0 saturated heterocycles. The average molecular weight is 300 g/mol. The van der Waals surface area contributed by atoms with Gasteiger partial charge in [0.1, 0.15) is 12.0 Å². The maximum absolute atomic E-state index is 11.8. The van der Waals surface area contributed by atoms with Gasteiger partial charge in [0.15, 0.2) is 0 Å². The van der Waals surface area contributed by atoms with Crippen LogP contribution in [0.3, 0.4) is 0 Å². The molecule has 2 rings (SSSR count). The Hall–Kier alpha value is -0.770. The molecule has 0 aliphatic heterocycles. The summed E-state index contributed by atoms with van der Waals surface area (Å²) < 4.78 is 5.13. The van der Waals surface area contributed by atoms with E-state index in [0.717, 1.165) is 12.3 Å². The third kappa shape index (κ3) is 3.35. The lowest BCUT2D eigenvalue weighted by Crippen LogP contribution is -2.34. The summed E-state index contributed by atoms with van der Waals surface area (Å²) >= 11 is 3.70. The number of alkyl halides is 1. The topological polar surface area (TPSA) is 42.2 Å². The molecule has 4 heteroatoms. The molecule has 1 aromatic heterocycles. The van der Waals surface area contributed by atoms with E-state index in [1.54, 1.807) is 6.07 Å². The number of hydrogen-bond acceptors (Lipinski definition) is 2. The molecule has 0 bridgehead atoms. The van der Waals surface area contributed by atoms with Crippen LogP contribution in [-0.2, 0) is 0 Å². The van der Waals surface area contributed by atoms with Gasteiger partial charge >= 0.3 is 0 Å². The summed E-state index contributed by atoms with van der Waals surface area (Å²) in [5.41, 5.74) is 0.615. The first-order valence-electron chi connectivity index (χ1n) is 6.14. The van der Waals surface area contributed by atoms with Crippen LogP contribution in [-0.4, -0.2) is 17.3 Å². The Morgan fingerprint density at radius 2 is 2.29 bits per heavy atom. The molecule has 0 spiro atoms. The second kappa shape index (κ2) is 5.71. The van der Waals surface area contributed by atoms with Crippen LogP contribution in [0.15, 0.2) is 16.7 Å². The van der Waals surface area contributed by atoms with E-state index < -0.39 is 0 Å². The number of carbonyl (C=O) groups excluding carboxylic acids is 1. The molecule has 0 radical (unpaired) electrons. The minimum atomic E-state index is -0.0351. The minimum Gasteiger partial charge on any atom is -0.469 e. The SMILES string of the molecule is Cc1cc(C(=O)NCC2CCCCC2Br)co1. The van der Waals surface area contributed by atoms with Gasteiger partial charge < -0.3 is 9.73 Å². The maximum atomic E-state index is 11.8. The van der Waals surface area contributed by atoms with E-state index in [9.17, 15) is 4.79 Å². The van der Waals surface area contributed by atoms with Crippen molar-refractivity contribution in [3.63, 3.8) is 0 Å². The summed E-state index contributed by atoms with van der Waals surface area (Å²) in [7, 11) is 0. The number of furan rings is 1. The molecule has 17 heavy (non-hydrogen) atoms. The molecule has 1 saturated carbocycles. The highest BCUT2D eigenvalue weighted by Gasteiger charge is 2.23. The molecular formula is C13H18BrNO2. The van der Waals surface area contributed by atoms with Gasteiger partial charge in [0, 0.05) is 11.4 Å². The monoisotopic (exact) mass is 299 g/mol. The Kier molecular flexibility index (Phi) is 4.26. The molecule has 0 aromatic carbocycles. The lowest BCUT2D eigenvalue weighted by molar-refractivity contribution is 0.0944. The van der Waals surface area contributed by atoms with Crippen LogP contribution in [0.25, 0.3) is 0 Å². The summed E-state index contributed by atoms with van der Waals surface area (Å²) in [6.07, 6.45) is 6.48. The van der Waals surface area contributed by atoms with E-state index in [-0.39, 0.29) is 5.91 Å². The predicted octanol–water partition coefficient (Wildman–Crippen LogP) is 3.27. The summed E-state index contributed by atoms with van der Waals surface area (Å²) in [5, 5.41) is 2.98. The Morgan fingerprint density at radius 3 is 2.94 bits per heavy atom.